The number of nitrogens with zero attached hydrogens (tertiary/aromatic N) is 2. The molecular formula is C27H32ClN5O. The highest BCUT2D eigenvalue weighted by Crippen LogP contribution is 2.18. The topological polar surface area (TPSA) is 59.6 Å². The molecule has 1 fully saturated rings. The standard InChI is InChI=1S/C27H32ClN5O/c1-21(20-32-15-17-33(18-16-32)25-8-3-2-4-9-25)29-19-22-7-5-6-10-26(22)31-27(34)30-24-13-11-23(28)12-14-24/h2-14,21,29H,15-20H2,1H3,(H2,30,31,34). The van der Waals surface area contributed by atoms with Crippen molar-refractivity contribution in [1.82, 2.24) is 10.2 Å². The van der Waals surface area contributed by atoms with Gasteiger partial charge in [-0.25, -0.2) is 4.79 Å². The van der Waals surface area contributed by atoms with Crippen molar-refractivity contribution in [3.05, 3.63) is 89.4 Å². The Balaban J connectivity index is 1.23. The Bertz CT molecular complexity index is 1050. The minimum atomic E-state index is -0.279. The summed E-state index contributed by atoms with van der Waals surface area (Å²) in [6.45, 7) is 8.11. The lowest BCUT2D eigenvalue weighted by atomic mass is 10.1. The maximum Gasteiger partial charge on any atom is 0.323 e. The first-order valence-corrected chi connectivity index (χ1v) is 12.1. The van der Waals surface area contributed by atoms with Crippen LogP contribution in [0.5, 0.6) is 0 Å². The monoisotopic (exact) mass is 477 g/mol. The number of carbonyl (C=O) groups excluding carboxylic acids is 1. The van der Waals surface area contributed by atoms with Crippen LogP contribution < -0.4 is 20.9 Å². The van der Waals surface area contributed by atoms with Gasteiger partial charge in [-0.2, -0.15) is 0 Å². The number of nitrogens with one attached hydrogen (secondary N) is 3. The Morgan fingerprint density at radius 1 is 0.882 bits per heavy atom. The van der Waals surface area contributed by atoms with E-state index in [4.69, 9.17) is 11.6 Å². The van der Waals surface area contributed by atoms with Crippen LogP contribution >= 0.6 is 11.6 Å². The lowest BCUT2D eigenvalue weighted by Crippen LogP contribution is -2.50. The van der Waals surface area contributed by atoms with Gasteiger partial charge in [0.2, 0.25) is 0 Å². The maximum absolute atomic E-state index is 12.5. The summed E-state index contributed by atoms with van der Waals surface area (Å²) >= 11 is 5.91. The van der Waals surface area contributed by atoms with Crippen LogP contribution in [0, 0.1) is 0 Å². The zero-order chi connectivity index (χ0) is 23.8. The predicted octanol–water partition coefficient (Wildman–Crippen LogP) is 5.28. The third kappa shape index (κ3) is 6.97. The summed E-state index contributed by atoms with van der Waals surface area (Å²) in [6.07, 6.45) is 0. The molecule has 0 radical (unpaired) electrons. The largest absolute Gasteiger partial charge is 0.369 e. The highest BCUT2D eigenvalue weighted by molar-refractivity contribution is 6.30. The van der Waals surface area contributed by atoms with Crippen molar-refractivity contribution in [3.63, 3.8) is 0 Å². The van der Waals surface area contributed by atoms with E-state index in [9.17, 15) is 4.79 Å². The molecule has 1 atom stereocenters. The fourth-order valence-corrected chi connectivity index (χ4v) is 4.30. The van der Waals surface area contributed by atoms with E-state index in [1.165, 1.54) is 5.69 Å². The van der Waals surface area contributed by atoms with Gasteiger partial charge in [0, 0.05) is 67.4 Å². The SMILES string of the molecule is CC(CN1CCN(c2ccccc2)CC1)NCc1ccccc1NC(=O)Nc1ccc(Cl)cc1. The lowest BCUT2D eigenvalue weighted by molar-refractivity contribution is 0.233. The van der Waals surface area contributed by atoms with E-state index in [0.717, 1.165) is 44.0 Å². The number of benzene rings is 3. The number of halogens is 1. The summed E-state index contributed by atoms with van der Waals surface area (Å²) in [7, 11) is 0. The van der Waals surface area contributed by atoms with Crippen LogP contribution in [0.15, 0.2) is 78.9 Å². The molecule has 1 saturated heterocycles. The predicted molar refractivity (Wildman–Crippen MR) is 142 cm³/mol. The summed E-state index contributed by atoms with van der Waals surface area (Å²) in [5, 5.41) is 10.1. The van der Waals surface area contributed by atoms with E-state index >= 15 is 0 Å². The molecule has 0 bridgehead atoms. The third-order valence-corrected chi connectivity index (χ3v) is 6.29. The number of hydrogen-bond donors (Lipinski definition) is 3. The van der Waals surface area contributed by atoms with Crippen molar-refractivity contribution in [1.29, 1.82) is 0 Å². The molecule has 0 spiro atoms. The smallest absolute Gasteiger partial charge is 0.323 e. The average molecular weight is 478 g/mol. The highest BCUT2D eigenvalue weighted by Gasteiger charge is 2.18. The first-order valence-electron chi connectivity index (χ1n) is 11.7. The first kappa shape index (κ1) is 24.1. The van der Waals surface area contributed by atoms with E-state index in [1.54, 1.807) is 24.3 Å². The Kier molecular flexibility index (Phi) is 8.41. The number of carbonyl (C=O) groups is 1. The molecule has 178 valence electrons. The molecule has 3 N–H and O–H groups in total. The average Bonchev–Trinajstić information content (AvgIpc) is 2.86. The van der Waals surface area contributed by atoms with Crippen molar-refractivity contribution >= 4 is 34.7 Å². The molecule has 2 amide bonds. The fourth-order valence-electron chi connectivity index (χ4n) is 4.18. The molecular weight excluding hydrogens is 446 g/mol. The van der Waals surface area contributed by atoms with Crippen molar-refractivity contribution in [2.75, 3.05) is 48.3 Å². The number of hydrogen-bond acceptors (Lipinski definition) is 4. The summed E-state index contributed by atoms with van der Waals surface area (Å²) in [4.78, 5) is 17.4. The van der Waals surface area contributed by atoms with Gasteiger partial charge in [0.25, 0.3) is 0 Å². The van der Waals surface area contributed by atoms with Crippen LogP contribution in [-0.4, -0.2) is 49.7 Å². The Labute approximate surface area is 206 Å². The van der Waals surface area contributed by atoms with Gasteiger partial charge in [-0.05, 0) is 55.0 Å². The van der Waals surface area contributed by atoms with E-state index in [-0.39, 0.29) is 6.03 Å². The summed E-state index contributed by atoms with van der Waals surface area (Å²) in [5.74, 6) is 0. The third-order valence-electron chi connectivity index (χ3n) is 6.03. The normalized spacial score (nSPS) is 15.1. The molecule has 1 aliphatic rings. The molecule has 1 unspecified atom stereocenters. The number of para-hydroxylation sites is 2. The van der Waals surface area contributed by atoms with Crippen LogP contribution in [0.4, 0.5) is 21.9 Å². The number of anilines is 3. The van der Waals surface area contributed by atoms with Crippen LogP contribution in [0.1, 0.15) is 12.5 Å². The molecule has 34 heavy (non-hydrogen) atoms. The van der Waals surface area contributed by atoms with E-state index in [0.29, 0.717) is 23.3 Å². The van der Waals surface area contributed by atoms with E-state index in [2.05, 4.69) is 63.0 Å². The van der Waals surface area contributed by atoms with Crippen LogP contribution in [0.3, 0.4) is 0 Å². The molecule has 1 aliphatic heterocycles. The van der Waals surface area contributed by atoms with Crippen molar-refractivity contribution in [2.45, 2.75) is 19.5 Å². The molecule has 3 aromatic rings. The molecule has 4 rings (SSSR count). The van der Waals surface area contributed by atoms with Gasteiger partial charge in [-0.1, -0.05) is 48.0 Å². The highest BCUT2D eigenvalue weighted by atomic mass is 35.5. The molecule has 0 saturated carbocycles. The van der Waals surface area contributed by atoms with Crippen LogP contribution in [-0.2, 0) is 6.54 Å². The Morgan fingerprint density at radius 2 is 1.56 bits per heavy atom. The fraction of sp³-hybridized carbons (Fsp3) is 0.296. The van der Waals surface area contributed by atoms with Gasteiger partial charge in [-0.15, -0.1) is 0 Å². The molecule has 1 heterocycles. The van der Waals surface area contributed by atoms with Gasteiger partial charge in [0.15, 0.2) is 0 Å². The summed E-state index contributed by atoms with van der Waals surface area (Å²) in [6, 6.07) is 25.6. The van der Waals surface area contributed by atoms with Gasteiger partial charge in [-0.3, -0.25) is 4.90 Å². The second-order valence-electron chi connectivity index (χ2n) is 8.65. The minimum Gasteiger partial charge on any atom is -0.369 e. The molecule has 7 heteroatoms. The van der Waals surface area contributed by atoms with Gasteiger partial charge in [0.05, 0.1) is 0 Å². The molecule has 6 nitrogen and oxygen atoms in total. The zero-order valence-electron chi connectivity index (χ0n) is 19.5. The minimum absolute atomic E-state index is 0.279. The van der Waals surface area contributed by atoms with E-state index in [1.807, 2.05) is 24.3 Å². The second kappa shape index (κ2) is 11.9. The van der Waals surface area contributed by atoms with Gasteiger partial charge >= 0.3 is 6.03 Å². The van der Waals surface area contributed by atoms with Crippen molar-refractivity contribution in [3.8, 4) is 0 Å². The Hall–Kier alpha value is -3.06. The number of piperazine rings is 1. The number of amides is 2. The molecule has 0 aromatic heterocycles. The zero-order valence-corrected chi connectivity index (χ0v) is 20.3. The summed E-state index contributed by atoms with van der Waals surface area (Å²) in [5.41, 5.74) is 3.84. The van der Waals surface area contributed by atoms with Gasteiger partial charge in [0.1, 0.15) is 0 Å². The van der Waals surface area contributed by atoms with Crippen molar-refractivity contribution < 1.29 is 4.79 Å². The quantitative estimate of drug-likeness (QED) is 0.413. The lowest BCUT2D eigenvalue weighted by Gasteiger charge is -2.37. The van der Waals surface area contributed by atoms with Crippen molar-refractivity contribution in [2.24, 2.45) is 0 Å². The maximum atomic E-state index is 12.5. The number of rotatable bonds is 8. The van der Waals surface area contributed by atoms with Crippen LogP contribution in [0.25, 0.3) is 0 Å². The first-order chi connectivity index (χ1) is 16.6. The van der Waals surface area contributed by atoms with Crippen LogP contribution in [0.2, 0.25) is 5.02 Å². The number of urea groups is 1. The summed E-state index contributed by atoms with van der Waals surface area (Å²) < 4.78 is 0. The molecule has 0 aliphatic carbocycles. The van der Waals surface area contributed by atoms with E-state index < -0.39 is 0 Å². The second-order valence-corrected chi connectivity index (χ2v) is 9.08. The van der Waals surface area contributed by atoms with Gasteiger partial charge < -0.3 is 20.9 Å². The molecule has 3 aromatic carbocycles. The Morgan fingerprint density at radius 3 is 2.29 bits per heavy atom.